The summed E-state index contributed by atoms with van der Waals surface area (Å²) < 4.78 is 0.507. The van der Waals surface area contributed by atoms with Gasteiger partial charge >= 0.3 is 6.03 Å². The molecule has 1 aromatic heterocycles. The fraction of sp³-hybridized carbons (Fsp3) is 0.429. The summed E-state index contributed by atoms with van der Waals surface area (Å²) >= 11 is 2.30. The molecule has 33 heavy (non-hydrogen) atoms. The molecule has 10 nitrogen and oxygen atoms in total. The Morgan fingerprint density at radius 3 is 2.48 bits per heavy atom. The maximum atomic E-state index is 12.6. The van der Waals surface area contributed by atoms with Crippen molar-refractivity contribution in [1.29, 1.82) is 0 Å². The number of nitrogens with zero attached hydrogens (tertiary/aromatic N) is 3. The molecule has 176 valence electrons. The molecule has 0 atom stereocenters. The van der Waals surface area contributed by atoms with Gasteiger partial charge < -0.3 is 10.6 Å². The Labute approximate surface area is 199 Å². The number of urea groups is 1. The van der Waals surface area contributed by atoms with Crippen molar-refractivity contribution in [2.45, 2.75) is 50.4 Å². The molecule has 1 aromatic carbocycles. The minimum absolute atomic E-state index is 0.133. The summed E-state index contributed by atoms with van der Waals surface area (Å²) in [5.41, 5.74) is 1.90. The van der Waals surface area contributed by atoms with Crippen LogP contribution < -0.4 is 16.0 Å². The van der Waals surface area contributed by atoms with Crippen LogP contribution in [0, 0.1) is 13.8 Å². The number of benzene rings is 1. The number of imide groups is 1. The van der Waals surface area contributed by atoms with Crippen LogP contribution in [0.4, 0.5) is 15.6 Å². The Kier molecular flexibility index (Phi) is 7.69. The molecule has 12 heteroatoms. The van der Waals surface area contributed by atoms with Crippen LogP contribution in [0.25, 0.3) is 0 Å². The zero-order valence-corrected chi connectivity index (χ0v) is 20.5. The number of nitrogens with one attached hydrogen (secondary N) is 3. The highest BCUT2D eigenvalue weighted by Crippen LogP contribution is 2.27. The van der Waals surface area contributed by atoms with Gasteiger partial charge in [-0.1, -0.05) is 54.6 Å². The zero-order valence-electron chi connectivity index (χ0n) is 18.9. The molecule has 2 aromatic rings. The number of amides is 5. The van der Waals surface area contributed by atoms with Crippen molar-refractivity contribution in [3.05, 3.63) is 29.3 Å². The lowest BCUT2D eigenvalue weighted by Gasteiger charge is -2.22. The number of carbonyl (C=O) groups is 4. The second-order valence-electron chi connectivity index (χ2n) is 7.69. The maximum absolute atomic E-state index is 12.6. The van der Waals surface area contributed by atoms with Gasteiger partial charge in [0.25, 0.3) is 5.91 Å². The smallest absolute Gasteiger partial charge is 0.325 e. The number of aromatic nitrogens is 2. The lowest BCUT2D eigenvalue weighted by molar-refractivity contribution is -0.134. The molecule has 0 bridgehead atoms. The van der Waals surface area contributed by atoms with E-state index in [1.165, 1.54) is 11.8 Å². The first-order valence-electron chi connectivity index (χ1n) is 10.4. The molecule has 1 saturated heterocycles. The number of anilines is 2. The quantitative estimate of drug-likeness (QED) is 0.280. The van der Waals surface area contributed by atoms with Crippen LogP contribution in [-0.4, -0.2) is 56.7 Å². The summed E-state index contributed by atoms with van der Waals surface area (Å²) in [4.78, 5) is 50.3. The predicted molar refractivity (Wildman–Crippen MR) is 127 cm³/mol. The number of thioether (sulfide) groups is 1. The van der Waals surface area contributed by atoms with Gasteiger partial charge in [-0.05, 0) is 38.3 Å². The van der Waals surface area contributed by atoms with Crippen LogP contribution >= 0.6 is 23.1 Å². The minimum atomic E-state index is -0.957. The molecular weight excluding hydrogens is 464 g/mol. The third-order valence-electron chi connectivity index (χ3n) is 5.39. The van der Waals surface area contributed by atoms with E-state index in [1.807, 2.05) is 45.9 Å². The fourth-order valence-corrected chi connectivity index (χ4v) is 5.01. The van der Waals surface area contributed by atoms with Crippen LogP contribution in [0.15, 0.2) is 22.5 Å². The second kappa shape index (κ2) is 10.3. The molecule has 5 amide bonds. The predicted octanol–water partition coefficient (Wildman–Crippen LogP) is 2.93. The first-order valence-corrected chi connectivity index (χ1v) is 12.2. The van der Waals surface area contributed by atoms with Crippen LogP contribution in [0.1, 0.15) is 37.8 Å². The van der Waals surface area contributed by atoms with E-state index in [9.17, 15) is 19.2 Å². The second-order valence-corrected chi connectivity index (χ2v) is 9.89. The molecule has 1 aliphatic heterocycles. The van der Waals surface area contributed by atoms with Gasteiger partial charge in [-0.3, -0.25) is 24.6 Å². The first kappa shape index (κ1) is 24.6. The summed E-state index contributed by atoms with van der Waals surface area (Å²) in [5, 5.41) is 16.2. The lowest BCUT2D eigenvalue weighted by Crippen LogP contribution is -2.46. The Morgan fingerprint density at radius 2 is 1.85 bits per heavy atom. The maximum Gasteiger partial charge on any atom is 0.325 e. The fourth-order valence-electron chi connectivity index (χ4n) is 3.44. The zero-order chi connectivity index (χ0) is 24.2. The Hall–Kier alpha value is -2.99. The Balaban J connectivity index is 1.50. The average molecular weight is 491 g/mol. The standard InChI is InChI=1S/C21H26N6O4S2/c1-5-21(6-2)17(30)27(19(31)24-21)10-15(28)23-18-25-26-20(33-18)32-11-16(29)22-14-8-7-12(3)9-13(14)4/h7-9H,5-6,10-11H2,1-4H3,(H,22,29)(H,24,31)(H,23,25,28). The summed E-state index contributed by atoms with van der Waals surface area (Å²) in [6, 6.07) is 5.20. The van der Waals surface area contributed by atoms with Gasteiger partial charge in [0.05, 0.1) is 5.75 Å². The van der Waals surface area contributed by atoms with Gasteiger partial charge in [-0.15, -0.1) is 10.2 Å². The molecule has 0 aliphatic carbocycles. The minimum Gasteiger partial charge on any atom is -0.325 e. The highest BCUT2D eigenvalue weighted by Gasteiger charge is 2.49. The highest BCUT2D eigenvalue weighted by molar-refractivity contribution is 8.01. The SMILES string of the molecule is CCC1(CC)NC(=O)N(CC(=O)Nc2nnc(SCC(=O)Nc3ccc(C)cc3C)s2)C1=O. The molecule has 3 rings (SSSR count). The Bertz CT molecular complexity index is 1080. The van der Waals surface area contributed by atoms with Gasteiger partial charge in [-0.25, -0.2) is 4.79 Å². The Morgan fingerprint density at radius 1 is 1.12 bits per heavy atom. The van der Waals surface area contributed by atoms with Gasteiger partial charge in [0, 0.05) is 5.69 Å². The van der Waals surface area contributed by atoms with E-state index in [4.69, 9.17) is 0 Å². The van der Waals surface area contributed by atoms with E-state index in [-0.39, 0.29) is 16.8 Å². The van der Waals surface area contributed by atoms with Crippen molar-refractivity contribution in [2.24, 2.45) is 0 Å². The molecule has 0 unspecified atom stereocenters. The number of carbonyl (C=O) groups excluding carboxylic acids is 4. The summed E-state index contributed by atoms with van der Waals surface area (Å²) in [5.74, 6) is -1.01. The normalized spacial score (nSPS) is 14.8. The van der Waals surface area contributed by atoms with E-state index in [0.29, 0.717) is 17.2 Å². The van der Waals surface area contributed by atoms with Crippen molar-refractivity contribution in [1.82, 2.24) is 20.4 Å². The lowest BCUT2D eigenvalue weighted by atomic mass is 9.93. The van der Waals surface area contributed by atoms with E-state index in [1.54, 1.807) is 0 Å². The molecule has 2 heterocycles. The molecule has 0 saturated carbocycles. The molecular formula is C21H26N6O4S2. The van der Waals surface area contributed by atoms with E-state index in [0.717, 1.165) is 33.1 Å². The van der Waals surface area contributed by atoms with Crippen molar-refractivity contribution in [2.75, 3.05) is 22.9 Å². The molecule has 0 radical (unpaired) electrons. The molecule has 0 spiro atoms. The van der Waals surface area contributed by atoms with Crippen molar-refractivity contribution in [3.63, 3.8) is 0 Å². The number of rotatable bonds is 9. The molecule has 1 aliphatic rings. The topological polar surface area (TPSA) is 133 Å². The van der Waals surface area contributed by atoms with Gasteiger partial charge in [0.15, 0.2) is 4.34 Å². The van der Waals surface area contributed by atoms with Crippen LogP contribution in [0.3, 0.4) is 0 Å². The summed E-state index contributed by atoms with van der Waals surface area (Å²) in [6.07, 6.45) is 0.889. The third kappa shape index (κ3) is 5.69. The van der Waals surface area contributed by atoms with Gasteiger partial charge in [0.2, 0.25) is 16.9 Å². The molecule has 3 N–H and O–H groups in total. The van der Waals surface area contributed by atoms with Crippen LogP contribution in [0.5, 0.6) is 0 Å². The van der Waals surface area contributed by atoms with E-state index < -0.39 is 29.9 Å². The number of hydrogen-bond acceptors (Lipinski definition) is 8. The average Bonchev–Trinajstić information content (AvgIpc) is 3.31. The third-order valence-corrected chi connectivity index (χ3v) is 7.36. The van der Waals surface area contributed by atoms with Crippen molar-refractivity contribution >= 4 is 57.7 Å². The van der Waals surface area contributed by atoms with E-state index in [2.05, 4.69) is 26.1 Å². The largest absolute Gasteiger partial charge is 0.325 e. The van der Waals surface area contributed by atoms with Crippen LogP contribution in [0.2, 0.25) is 0 Å². The summed E-state index contributed by atoms with van der Waals surface area (Å²) in [6.45, 7) is 7.13. The monoisotopic (exact) mass is 490 g/mol. The van der Waals surface area contributed by atoms with Crippen molar-refractivity contribution in [3.8, 4) is 0 Å². The van der Waals surface area contributed by atoms with Gasteiger partial charge in [-0.2, -0.15) is 0 Å². The number of aryl methyl sites for hydroxylation is 2. The number of hydrogen-bond donors (Lipinski definition) is 3. The van der Waals surface area contributed by atoms with Crippen molar-refractivity contribution < 1.29 is 19.2 Å². The summed E-state index contributed by atoms with van der Waals surface area (Å²) in [7, 11) is 0. The molecule has 1 fully saturated rings. The highest BCUT2D eigenvalue weighted by atomic mass is 32.2. The van der Waals surface area contributed by atoms with E-state index >= 15 is 0 Å². The van der Waals surface area contributed by atoms with Gasteiger partial charge in [0.1, 0.15) is 12.1 Å². The first-order chi connectivity index (χ1) is 15.7. The van der Waals surface area contributed by atoms with Crippen LogP contribution in [-0.2, 0) is 14.4 Å².